The molecule has 1 saturated heterocycles. The van der Waals surface area contributed by atoms with Gasteiger partial charge in [-0.25, -0.2) is 5.43 Å². The molecule has 0 aromatic heterocycles. The summed E-state index contributed by atoms with van der Waals surface area (Å²) < 4.78 is 28.2. The van der Waals surface area contributed by atoms with E-state index in [-0.39, 0.29) is 19.2 Å². The lowest BCUT2D eigenvalue weighted by Gasteiger charge is -2.25. The number of rotatable bonds is 8. The lowest BCUT2D eigenvalue weighted by atomic mass is 10.2. The van der Waals surface area contributed by atoms with E-state index in [1.165, 1.54) is 0 Å². The summed E-state index contributed by atoms with van der Waals surface area (Å²) in [4.78, 5) is 14.1. The second-order valence-electron chi connectivity index (χ2n) is 7.18. The molecule has 0 bridgehead atoms. The van der Waals surface area contributed by atoms with Crippen LogP contribution in [0.4, 0.5) is 0 Å². The number of hydrazone groups is 1. The van der Waals surface area contributed by atoms with Crippen molar-refractivity contribution in [3.8, 4) is 23.0 Å². The van der Waals surface area contributed by atoms with E-state index in [0.29, 0.717) is 37.1 Å². The molecule has 2 aromatic carbocycles. The van der Waals surface area contributed by atoms with Gasteiger partial charge in [-0.3, -0.25) is 9.69 Å². The van der Waals surface area contributed by atoms with Crippen molar-refractivity contribution >= 4 is 28.1 Å². The zero-order chi connectivity index (χ0) is 22.3. The first-order chi connectivity index (χ1) is 15.6. The van der Waals surface area contributed by atoms with E-state index < -0.39 is 0 Å². The second kappa shape index (κ2) is 10.7. The van der Waals surface area contributed by atoms with E-state index in [2.05, 4.69) is 26.5 Å². The van der Waals surface area contributed by atoms with Gasteiger partial charge < -0.3 is 23.7 Å². The molecule has 1 amide bonds. The van der Waals surface area contributed by atoms with Gasteiger partial charge in [-0.15, -0.1) is 0 Å². The van der Waals surface area contributed by atoms with E-state index in [0.717, 1.165) is 34.4 Å². The summed E-state index contributed by atoms with van der Waals surface area (Å²) in [6.07, 6.45) is 1.56. The Labute approximate surface area is 194 Å². The van der Waals surface area contributed by atoms with Crippen LogP contribution < -0.4 is 24.4 Å². The van der Waals surface area contributed by atoms with Crippen LogP contribution in [0, 0.1) is 0 Å². The van der Waals surface area contributed by atoms with Crippen LogP contribution in [0.5, 0.6) is 23.0 Å². The molecule has 0 spiro atoms. The highest BCUT2D eigenvalue weighted by Gasteiger charge is 2.15. The predicted octanol–water partition coefficient (Wildman–Crippen LogP) is 2.55. The molecule has 0 aliphatic carbocycles. The number of methoxy groups -OCH3 is 1. The fourth-order valence-corrected chi connectivity index (χ4v) is 3.71. The molecule has 0 saturated carbocycles. The van der Waals surface area contributed by atoms with E-state index >= 15 is 0 Å². The molecule has 1 fully saturated rings. The highest BCUT2D eigenvalue weighted by Crippen LogP contribution is 2.35. The third-order valence-electron chi connectivity index (χ3n) is 4.98. The molecule has 9 nitrogen and oxygen atoms in total. The van der Waals surface area contributed by atoms with Gasteiger partial charge >= 0.3 is 0 Å². The van der Waals surface area contributed by atoms with Crippen LogP contribution in [0.25, 0.3) is 0 Å². The number of hydrogen-bond acceptors (Lipinski definition) is 8. The van der Waals surface area contributed by atoms with E-state index in [4.69, 9.17) is 23.7 Å². The van der Waals surface area contributed by atoms with Crippen molar-refractivity contribution < 1.29 is 28.5 Å². The standard InChI is InChI=1S/C22H24BrN3O6/c1-28-19-9-16(11-24-25-22(27)12-26-4-6-29-7-5-26)17(23)10-21(19)30-13-15-2-3-18-20(8-15)32-14-31-18/h2-3,8-11H,4-7,12-14H2,1H3,(H,25,27)/b24-11+. The Hall–Kier alpha value is -2.82. The fourth-order valence-electron chi connectivity index (χ4n) is 3.29. The number of carbonyl (C=O) groups is 1. The SMILES string of the molecule is COc1cc(/C=N/NC(=O)CN2CCOCC2)c(Br)cc1OCc1ccc2c(c1)OCO2. The Morgan fingerprint density at radius 3 is 2.81 bits per heavy atom. The lowest BCUT2D eigenvalue weighted by molar-refractivity contribution is -0.123. The molecule has 32 heavy (non-hydrogen) atoms. The number of ether oxygens (including phenoxy) is 5. The van der Waals surface area contributed by atoms with E-state index in [9.17, 15) is 4.79 Å². The van der Waals surface area contributed by atoms with Crippen molar-refractivity contribution in [1.29, 1.82) is 0 Å². The van der Waals surface area contributed by atoms with Crippen LogP contribution in [0.1, 0.15) is 11.1 Å². The molecule has 0 atom stereocenters. The summed E-state index contributed by atoms with van der Waals surface area (Å²) in [6, 6.07) is 9.28. The summed E-state index contributed by atoms with van der Waals surface area (Å²) in [7, 11) is 1.57. The van der Waals surface area contributed by atoms with E-state index in [1.54, 1.807) is 19.4 Å². The number of benzene rings is 2. The van der Waals surface area contributed by atoms with Gasteiger partial charge in [0.2, 0.25) is 6.79 Å². The van der Waals surface area contributed by atoms with Gasteiger partial charge in [0, 0.05) is 23.1 Å². The van der Waals surface area contributed by atoms with Crippen molar-refractivity contribution in [3.05, 3.63) is 45.9 Å². The summed E-state index contributed by atoms with van der Waals surface area (Å²) in [5.74, 6) is 2.40. The zero-order valence-electron chi connectivity index (χ0n) is 17.6. The second-order valence-corrected chi connectivity index (χ2v) is 8.04. The van der Waals surface area contributed by atoms with Crippen molar-refractivity contribution in [3.63, 3.8) is 0 Å². The highest BCUT2D eigenvalue weighted by molar-refractivity contribution is 9.10. The van der Waals surface area contributed by atoms with Crippen molar-refractivity contribution in [2.45, 2.75) is 6.61 Å². The number of nitrogens with one attached hydrogen (secondary N) is 1. The number of carbonyl (C=O) groups excluding carboxylic acids is 1. The molecule has 170 valence electrons. The highest BCUT2D eigenvalue weighted by atomic mass is 79.9. The molecule has 0 radical (unpaired) electrons. The molecule has 2 aromatic rings. The monoisotopic (exact) mass is 505 g/mol. The molecule has 2 aliphatic heterocycles. The van der Waals surface area contributed by atoms with Crippen LogP contribution in [-0.4, -0.2) is 63.8 Å². The molecular weight excluding hydrogens is 482 g/mol. The molecule has 4 rings (SSSR count). The van der Waals surface area contributed by atoms with Gasteiger partial charge in [0.05, 0.1) is 33.1 Å². The quantitative estimate of drug-likeness (QED) is 0.435. The number of hydrogen-bond donors (Lipinski definition) is 1. The first-order valence-corrected chi connectivity index (χ1v) is 10.9. The molecule has 1 N–H and O–H groups in total. The maximum Gasteiger partial charge on any atom is 0.254 e. The predicted molar refractivity (Wildman–Crippen MR) is 121 cm³/mol. The van der Waals surface area contributed by atoms with Gasteiger partial charge in [0.1, 0.15) is 6.61 Å². The molecule has 2 aliphatic rings. The number of amides is 1. The average Bonchev–Trinajstić information content (AvgIpc) is 3.27. The topological polar surface area (TPSA) is 90.9 Å². The average molecular weight is 506 g/mol. The largest absolute Gasteiger partial charge is 0.493 e. The Balaban J connectivity index is 1.35. The van der Waals surface area contributed by atoms with Crippen LogP contribution in [0.3, 0.4) is 0 Å². The number of halogens is 1. The Kier molecular flexibility index (Phi) is 7.46. The van der Waals surface area contributed by atoms with E-state index in [1.807, 2.05) is 29.2 Å². The number of morpholine rings is 1. The van der Waals surface area contributed by atoms with Gasteiger partial charge in [-0.2, -0.15) is 5.10 Å². The molecular formula is C22H24BrN3O6. The normalized spacial score (nSPS) is 15.7. The summed E-state index contributed by atoms with van der Waals surface area (Å²) in [5, 5.41) is 4.07. The minimum Gasteiger partial charge on any atom is -0.493 e. The Morgan fingerprint density at radius 2 is 2.00 bits per heavy atom. The molecule has 10 heteroatoms. The van der Waals surface area contributed by atoms with Crippen LogP contribution in [0.2, 0.25) is 0 Å². The first kappa shape index (κ1) is 22.4. The van der Waals surface area contributed by atoms with Crippen molar-refractivity contribution in [2.75, 3.05) is 46.8 Å². The van der Waals surface area contributed by atoms with Gasteiger partial charge in [0.15, 0.2) is 23.0 Å². The number of nitrogens with zero attached hydrogens (tertiary/aromatic N) is 2. The number of fused-ring (bicyclic) bond motifs is 1. The van der Waals surface area contributed by atoms with Gasteiger partial charge in [-0.1, -0.05) is 6.07 Å². The summed E-state index contributed by atoms with van der Waals surface area (Å²) in [5.41, 5.74) is 4.24. The molecule has 2 heterocycles. The summed E-state index contributed by atoms with van der Waals surface area (Å²) >= 11 is 3.53. The van der Waals surface area contributed by atoms with Crippen molar-refractivity contribution in [2.24, 2.45) is 5.10 Å². The van der Waals surface area contributed by atoms with Crippen LogP contribution in [0.15, 0.2) is 39.9 Å². The third-order valence-corrected chi connectivity index (χ3v) is 5.66. The Bertz CT molecular complexity index is 994. The van der Waals surface area contributed by atoms with Crippen LogP contribution in [-0.2, 0) is 16.1 Å². The lowest BCUT2D eigenvalue weighted by Crippen LogP contribution is -2.42. The third kappa shape index (κ3) is 5.70. The molecule has 0 unspecified atom stereocenters. The Morgan fingerprint density at radius 1 is 1.19 bits per heavy atom. The van der Waals surface area contributed by atoms with Crippen molar-refractivity contribution in [1.82, 2.24) is 10.3 Å². The van der Waals surface area contributed by atoms with Gasteiger partial charge in [0.25, 0.3) is 5.91 Å². The maximum atomic E-state index is 12.1. The zero-order valence-corrected chi connectivity index (χ0v) is 19.2. The minimum absolute atomic E-state index is 0.171. The smallest absolute Gasteiger partial charge is 0.254 e. The van der Waals surface area contributed by atoms with Crippen LogP contribution >= 0.6 is 15.9 Å². The van der Waals surface area contributed by atoms with Gasteiger partial charge in [-0.05, 0) is 45.8 Å². The summed E-state index contributed by atoms with van der Waals surface area (Å²) in [6.45, 7) is 3.64. The maximum absolute atomic E-state index is 12.1. The minimum atomic E-state index is -0.171. The fraction of sp³-hybridized carbons (Fsp3) is 0.364. The first-order valence-electron chi connectivity index (χ1n) is 10.1.